The normalized spacial score (nSPS) is 18.3. The topological polar surface area (TPSA) is 70.8 Å². The Labute approximate surface area is 103 Å². The van der Waals surface area contributed by atoms with Crippen LogP contribution in [0.2, 0.25) is 0 Å². The smallest absolute Gasteiger partial charge is 0.339 e. The van der Waals surface area contributed by atoms with Gasteiger partial charge < -0.3 is 10.6 Å². The van der Waals surface area contributed by atoms with Crippen molar-refractivity contribution >= 4 is 5.95 Å². The molecular weight excluding hydrogens is 247 g/mol. The number of nitrogens with two attached hydrogens (primary N) is 1. The molecule has 1 aliphatic heterocycles. The van der Waals surface area contributed by atoms with Crippen LogP contribution < -0.4 is 10.6 Å². The molecule has 0 spiro atoms. The van der Waals surface area contributed by atoms with Crippen molar-refractivity contribution in [3.05, 3.63) is 5.82 Å². The Morgan fingerprint density at radius 1 is 1.33 bits per heavy atom. The molecule has 0 amide bonds. The number of aryl methyl sites for hydroxylation is 1. The van der Waals surface area contributed by atoms with E-state index in [1.807, 2.05) is 4.90 Å². The quantitative estimate of drug-likeness (QED) is 0.860. The van der Waals surface area contributed by atoms with Crippen LogP contribution in [0.3, 0.4) is 0 Å². The highest BCUT2D eigenvalue weighted by molar-refractivity contribution is 5.29. The summed E-state index contributed by atoms with van der Waals surface area (Å²) in [6.45, 7) is 1.50. The van der Waals surface area contributed by atoms with E-state index in [1.165, 1.54) is 0 Å². The number of aromatic amines is 1. The zero-order valence-electron chi connectivity index (χ0n) is 9.87. The predicted molar refractivity (Wildman–Crippen MR) is 60.2 cm³/mol. The number of halogens is 3. The number of aromatic nitrogens is 3. The largest absolute Gasteiger partial charge is 0.389 e. The third kappa shape index (κ3) is 3.59. The van der Waals surface area contributed by atoms with Gasteiger partial charge in [-0.1, -0.05) is 0 Å². The molecule has 5 nitrogen and oxygen atoms in total. The number of nitrogens with one attached hydrogen (secondary N) is 1. The van der Waals surface area contributed by atoms with Crippen LogP contribution in [0.25, 0.3) is 0 Å². The molecule has 0 unspecified atom stereocenters. The van der Waals surface area contributed by atoms with Gasteiger partial charge in [0.05, 0.1) is 6.42 Å². The minimum Gasteiger partial charge on any atom is -0.339 e. The van der Waals surface area contributed by atoms with Crippen molar-refractivity contribution in [1.82, 2.24) is 15.2 Å². The van der Waals surface area contributed by atoms with Gasteiger partial charge in [-0.15, -0.1) is 5.10 Å². The first-order valence-corrected chi connectivity index (χ1v) is 5.92. The van der Waals surface area contributed by atoms with Crippen molar-refractivity contribution in [2.45, 2.75) is 37.9 Å². The lowest BCUT2D eigenvalue weighted by Crippen LogP contribution is -2.40. The molecule has 102 valence electrons. The second-order valence-electron chi connectivity index (χ2n) is 4.52. The lowest BCUT2D eigenvalue weighted by atomic mass is 10.1. The van der Waals surface area contributed by atoms with E-state index in [1.54, 1.807) is 0 Å². The summed E-state index contributed by atoms with van der Waals surface area (Å²) >= 11 is 0. The highest BCUT2D eigenvalue weighted by Crippen LogP contribution is 2.22. The van der Waals surface area contributed by atoms with Gasteiger partial charge in [0.1, 0.15) is 5.82 Å². The molecule has 2 heterocycles. The lowest BCUT2D eigenvalue weighted by Gasteiger charge is -2.28. The molecule has 0 atom stereocenters. The first-order valence-electron chi connectivity index (χ1n) is 5.92. The number of piperidine rings is 1. The van der Waals surface area contributed by atoms with Gasteiger partial charge in [0.25, 0.3) is 0 Å². The Morgan fingerprint density at radius 2 is 2.00 bits per heavy atom. The first-order chi connectivity index (χ1) is 8.44. The van der Waals surface area contributed by atoms with Crippen molar-refractivity contribution in [2.24, 2.45) is 5.73 Å². The summed E-state index contributed by atoms with van der Waals surface area (Å²) in [5.41, 5.74) is 5.78. The van der Waals surface area contributed by atoms with Crippen LogP contribution in [0.5, 0.6) is 0 Å². The van der Waals surface area contributed by atoms with Gasteiger partial charge in [0, 0.05) is 25.6 Å². The van der Waals surface area contributed by atoms with Gasteiger partial charge >= 0.3 is 6.18 Å². The van der Waals surface area contributed by atoms with Crippen molar-refractivity contribution in [2.75, 3.05) is 18.0 Å². The average molecular weight is 263 g/mol. The minimum absolute atomic E-state index is 0.163. The van der Waals surface area contributed by atoms with Crippen LogP contribution in [0.4, 0.5) is 19.1 Å². The van der Waals surface area contributed by atoms with Gasteiger partial charge in [-0.2, -0.15) is 18.2 Å². The molecule has 0 aliphatic carbocycles. The van der Waals surface area contributed by atoms with Crippen LogP contribution in [0.15, 0.2) is 0 Å². The monoisotopic (exact) mass is 263 g/mol. The third-order valence-electron chi connectivity index (χ3n) is 2.99. The fraction of sp³-hybridized carbons (Fsp3) is 0.800. The number of hydrogen-bond donors (Lipinski definition) is 2. The fourth-order valence-electron chi connectivity index (χ4n) is 1.90. The molecule has 0 radical (unpaired) electrons. The molecule has 0 bridgehead atoms. The van der Waals surface area contributed by atoms with Gasteiger partial charge in [0.2, 0.25) is 5.95 Å². The zero-order valence-corrected chi connectivity index (χ0v) is 9.87. The SMILES string of the molecule is NC1CCN(c2n[nH]c(CCC(F)(F)F)n2)CC1. The molecule has 1 aromatic heterocycles. The van der Waals surface area contributed by atoms with Crippen LogP contribution >= 0.6 is 0 Å². The van der Waals surface area contributed by atoms with Crippen molar-refractivity contribution < 1.29 is 13.2 Å². The van der Waals surface area contributed by atoms with Crippen LogP contribution in [-0.2, 0) is 6.42 Å². The van der Waals surface area contributed by atoms with Gasteiger partial charge in [-0.25, -0.2) is 0 Å². The summed E-state index contributed by atoms with van der Waals surface area (Å²) in [4.78, 5) is 6.02. The third-order valence-corrected chi connectivity index (χ3v) is 2.99. The molecule has 1 aromatic rings. The Bertz CT molecular complexity index is 381. The highest BCUT2D eigenvalue weighted by atomic mass is 19.4. The standard InChI is InChI=1S/C10H16F3N5/c11-10(12,13)4-1-8-15-9(17-16-8)18-5-2-7(14)3-6-18/h7H,1-6,14H2,(H,15,16,17). The number of hydrogen-bond acceptors (Lipinski definition) is 4. The van der Waals surface area contributed by atoms with Crippen molar-refractivity contribution in [1.29, 1.82) is 0 Å². The molecule has 18 heavy (non-hydrogen) atoms. The van der Waals surface area contributed by atoms with E-state index in [9.17, 15) is 13.2 Å². The molecule has 8 heteroatoms. The van der Waals surface area contributed by atoms with Crippen molar-refractivity contribution in [3.63, 3.8) is 0 Å². The minimum atomic E-state index is -4.16. The van der Waals surface area contributed by atoms with Gasteiger partial charge in [-0.05, 0) is 12.8 Å². The van der Waals surface area contributed by atoms with Gasteiger partial charge in [-0.3, -0.25) is 5.10 Å². The van der Waals surface area contributed by atoms with E-state index < -0.39 is 12.6 Å². The molecule has 1 fully saturated rings. The number of rotatable bonds is 3. The molecule has 3 N–H and O–H groups in total. The summed E-state index contributed by atoms with van der Waals surface area (Å²) in [5.74, 6) is 0.747. The lowest BCUT2D eigenvalue weighted by molar-refractivity contribution is -0.134. The summed E-state index contributed by atoms with van der Waals surface area (Å²) in [6, 6.07) is 0.199. The van der Waals surface area contributed by atoms with Crippen LogP contribution in [0.1, 0.15) is 25.1 Å². The molecule has 1 aliphatic rings. The Kier molecular flexibility index (Phi) is 3.74. The van der Waals surface area contributed by atoms with Gasteiger partial charge in [0.15, 0.2) is 0 Å². The highest BCUT2D eigenvalue weighted by Gasteiger charge is 2.27. The molecule has 1 saturated heterocycles. The summed E-state index contributed by atoms with van der Waals surface area (Å²) in [6.07, 6.45) is -3.50. The number of H-pyrrole nitrogens is 1. The van der Waals surface area contributed by atoms with E-state index in [4.69, 9.17) is 5.73 Å². The summed E-state index contributed by atoms with van der Waals surface area (Å²) in [7, 11) is 0. The molecular formula is C10H16F3N5. The second-order valence-corrected chi connectivity index (χ2v) is 4.52. The maximum Gasteiger partial charge on any atom is 0.389 e. The second kappa shape index (κ2) is 5.13. The zero-order chi connectivity index (χ0) is 13.2. The van der Waals surface area contributed by atoms with E-state index >= 15 is 0 Å². The summed E-state index contributed by atoms with van der Waals surface area (Å²) < 4.78 is 36.2. The Morgan fingerprint density at radius 3 is 2.61 bits per heavy atom. The van der Waals surface area contributed by atoms with E-state index in [0.717, 1.165) is 25.9 Å². The van der Waals surface area contributed by atoms with Crippen LogP contribution in [-0.4, -0.2) is 40.5 Å². The maximum atomic E-state index is 12.1. The van der Waals surface area contributed by atoms with E-state index in [0.29, 0.717) is 5.95 Å². The first kappa shape index (κ1) is 13.1. The fourth-order valence-corrected chi connectivity index (χ4v) is 1.90. The number of alkyl halides is 3. The maximum absolute atomic E-state index is 12.1. The van der Waals surface area contributed by atoms with Crippen molar-refractivity contribution in [3.8, 4) is 0 Å². The number of anilines is 1. The summed E-state index contributed by atoms with van der Waals surface area (Å²) in [5, 5.41) is 6.50. The molecule has 2 rings (SSSR count). The van der Waals surface area contributed by atoms with E-state index in [-0.39, 0.29) is 18.3 Å². The van der Waals surface area contributed by atoms with E-state index in [2.05, 4.69) is 15.2 Å². The predicted octanol–water partition coefficient (Wildman–Crippen LogP) is 1.23. The molecule has 0 aromatic carbocycles. The molecule has 0 saturated carbocycles. The van der Waals surface area contributed by atoms with Crippen LogP contribution in [0, 0.1) is 0 Å². The Hall–Kier alpha value is -1.31. The number of nitrogens with zero attached hydrogens (tertiary/aromatic N) is 3. The average Bonchev–Trinajstić information content (AvgIpc) is 2.75. The Balaban J connectivity index is 1.90.